The van der Waals surface area contributed by atoms with Crippen LogP contribution in [0.2, 0.25) is 0 Å². The number of hydrogen-bond acceptors (Lipinski definition) is 4. The Balaban J connectivity index is 1.86. The molecule has 1 saturated heterocycles. The van der Waals surface area contributed by atoms with Crippen LogP contribution in [0.3, 0.4) is 0 Å². The van der Waals surface area contributed by atoms with Gasteiger partial charge in [0.05, 0.1) is 17.3 Å². The highest BCUT2D eigenvalue weighted by atomic mass is 32.1. The number of rotatable bonds is 3. The van der Waals surface area contributed by atoms with Crippen molar-refractivity contribution in [1.82, 2.24) is 10.3 Å². The van der Waals surface area contributed by atoms with E-state index in [9.17, 15) is 0 Å². The molecule has 15 heavy (non-hydrogen) atoms. The van der Waals surface area contributed by atoms with Crippen molar-refractivity contribution in [2.24, 2.45) is 0 Å². The average Bonchev–Trinajstić information content (AvgIpc) is 2.63. The number of nitrogens with one attached hydrogen (secondary N) is 1. The number of hydrogen-bond donors (Lipinski definition) is 1. The summed E-state index contributed by atoms with van der Waals surface area (Å²) in [6.07, 6.45) is 2.34. The van der Waals surface area contributed by atoms with Crippen LogP contribution >= 0.6 is 11.3 Å². The van der Waals surface area contributed by atoms with Crippen LogP contribution in [0.25, 0.3) is 0 Å². The number of aromatic nitrogens is 1. The largest absolute Gasteiger partial charge is 0.380 e. The van der Waals surface area contributed by atoms with Gasteiger partial charge >= 0.3 is 0 Å². The van der Waals surface area contributed by atoms with E-state index in [-0.39, 0.29) is 5.54 Å². The van der Waals surface area contributed by atoms with Crippen LogP contribution in [0, 0.1) is 6.92 Å². The highest BCUT2D eigenvalue weighted by Crippen LogP contribution is 2.19. The van der Waals surface area contributed by atoms with Gasteiger partial charge in [0.15, 0.2) is 0 Å². The Morgan fingerprint density at radius 3 is 3.13 bits per heavy atom. The first-order valence-electron chi connectivity index (χ1n) is 5.42. The van der Waals surface area contributed by atoms with Crippen molar-refractivity contribution < 1.29 is 4.74 Å². The van der Waals surface area contributed by atoms with Gasteiger partial charge in [-0.25, -0.2) is 4.98 Å². The Hall–Kier alpha value is -0.450. The normalized spacial score (nSPS) is 26.8. The Kier molecular flexibility index (Phi) is 3.38. The monoisotopic (exact) mass is 226 g/mol. The van der Waals surface area contributed by atoms with E-state index < -0.39 is 0 Å². The maximum atomic E-state index is 5.50. The maximum absolute atomic E-state index is 5.50. The van der Waals surface area contributed by atoms with E-state index in [1.165, 1.54) is 6.42 Å². The topological polar surface area (TPSA) is 34.2 Å². The van der Waals surface area contributed by atoms with Crippen LogP contribution < -0.4 is 5.32 Å². The van der Waals surface area contributed by atoms with Gasteiger partial charge in [-0.3, -0.25) is 0 Å². The first kappa shape index (κ1) is 11.0. The van der Waals surface area contributed by atoms with Crippen LogP contribution in [-0.2, 0) is 11.3 Å². The van der Waals surface area contributed by atoms with Crippen LogP contribution in [0.5, 0.6) is 0 Å². The van der Waals surface area contributed by atoms with Crippen molar-refractivity contribution in [2.75, 3.05) is 13.2 Å². The molecule has 0 spiro atoms. The highest BCUT2D eigenvalue weighted by Gasteiger charge is 2.26. The molecule has 1 N–H and O–H groups in total. The summed E-state index contributed by atoms with van der Waals surface area (Å²) in [6, 6.07) is 0. The second-order valence-electron chi connectivity index (χ2n) is 4.43. The maximum Gasteiger partial charge on any atom is 0.0897 e. The molecule has 1 fully saturated rings. The lowest BCUT2D eigenvalue weighted by Gasteiger charge is -2.34. The molecule has 0 amide bonds. The van der Waals surface area contributed by atoms with Crippen molar-refractivity contribution in [3.63, 3.8) is 0 Å². The van der Waals surface area contributed by atoms with Crippen LogP contribution in [0.1, 0.15) is 30.5 Å². The summed E-state index contributed by atoms with van der Waals surface area (Å²) in [5, 5.41) is 6.80. The van der Waals surface area contributed by atoms with Crippen LogP contribution in [-0.4, -0.2) is 23.7 Å². The zero-order chi connectivity index (χ0) is 10.7. The van der Waals surface area contributed by atoms with Crippen LogP contribution in [0.4, 0.5) is 0 Å². The summed E-state index contributed by atoms with van der Waals surface area (Å²) in [5.41, 5.74) is 1.28. The van der Waals surface area contributed by atoms with E-state index in [1.54, 1.807) is 11.3 Å². The molecule has 1 atom stereocenters. The molecule has 2 heterocycles. The predicted octanol–water partition coefficient (Wildman–Crippen LogP) is 2.11. The van der Waals surface area contributed by atoms with Crippen molar-refractivity contribution in [3.05, 3.63) is 16.1 Å². The van der Waals surface area contributed by atoms with E-state index in [2.05, 4.69) is 22.6 Å². The molecule has 84 valence electrons. The summed E-state index contributed by atoms with van der Waals surface area (Å²) in [7, 11) is 0. The molecule has 1 aliphatic rings. The molecule has 1 aromatic heterocycles. The zero-order valence-corrected chi connectivity index (χ0v) is 10.2. The summed E-state index contributed by atoms with van der Waals surface area (Å²) in [5.74, 6) is 0. The molecule has 2 rings (SSSR count). The molecule has 0 aliphatic carbocycles. The van der Waals surface area contributed by atoms with Gasteiger partial charge in [0.25, 0.3) is 0 Å². The molecule has 0 radical (unpaired) electrons. The lowest BCUT2D eigenvalue weighted by Crippen LogP contribution is -2.48. The fourth-order valence-electron chi connectivity index (χ4n) is 1.87. The molecular formula is C11H18N2OS. The summed E-state index contributed by atoms with van der Waals surface area (Å²) >= 11 is 1.71. The van der Waals surface area contributed by atoms with Gasteiger partial charge in [-0.05, 0) is 26.7 Å². The predicted molar refractivity (Wildman–Crippen MR) is 62.1 cm³/mol. The first-order chi connectivity index (χ1) is 7.18. The average molecular weight is 226 g/mol. The molecule has 1 aliphatic heterocycles. The Bertz CT molecular complexity index is 318. The van der Waals surface area contributed by atoms with Crippen molar-refractivity contribution in [3.8, 4) is 0 Å². The lowest BCUT2D eigenvalue weighted by atomic mass is 9.95. The number of ether oxygens (including phenoxy) is 1. The standard InChI is InChI=1S/C11H18N2OS/c1-9-13-10(7-15-9)6-12-11(2)4-3-5-14-8-11/h7,12H,3-6,8H2,1-2H3. The minimum absolute atomic E-state index is 0.135. The van der Waals surface area contributed by atoms with E-state index in [4.69, 9.17) is 4.74 Å². The van der Waals surface area contributed by atoms with Crippen molar-refractivity contribution >= 4 is 11.3 Å². The molecule has 0 saturated carbocycles. The fraction of sp³-hybridized carbons (Fsp3) is 0.727. The minimum Gasteiger partial charge on any atom is -0.380 e. The Morgan fingerprint density at radius 2 is 2.53 bits per heavy atom. The number of nitrogens with zero attached hydrogens (tertiary/aromatic N) is 1. The van der Waals surface area contributed by atoms with Gasteiger partial charge in [0.1, 0.15) is 0 Å². The molecule has 1 unspecified atom stereocenters. The van der Waals surface area contributed by atoms with E-state index in [0.29, 0.717) is 0 Å². The van der Waals surface area contributed by atoms with Gasteiger partial charge in [0, 0.05) is 24.1 Å². The van der Waals surface area contributed by atoms with E-state index in [1.807, 2.05) is 6.92 Å². The zero-order valence-electron chi connectivity index (χ0n) is 9.38. The smallest absolute Gasteiger partial charge is 0.0897 e. The molecule has 1 aromatic rings. The minimum atomic E-state index is 0.135. The van der Waals surface area contributed by atoms with Gasteiger partial charge in [-0.15, -0.1) is 11.3 Å². The lowest BCUT2D eigenvalue weighted by molar-refractivity contribution is 0.0276. The van der Waals surface area contributed by atoms with E-state index in [0.717, 1.165) is 36.9 Å². The van der Waals surface area contributed by atoms with Gasteiger partial charge in [0.2, 0.25) is 0 Å². The van der Waals surface area contributed by atoms with Gasteiger partial charge < -0.3 is 10.1 Å². The SMILES string of the molecule is Cc1nc(CNC2(C)CCCOC2)cs1. The summed E-state index contributed by atoms with van der Waals surface area (Å²) in [4.78, 5) is 4.44. The highest BCUT2D eigenvalue weighted by molar-refractivity contribution is 7.09. The second kappa shape index (κ2) is 4.60. The van der Waals surface area contributed by atoms with Crippen molar-refractivity contribution in [2.45, 2.75) is 38.8 Å². The third kappa shape index (κ3) is 3.00. The number of aryl methyl sites for hydroxylation is 1. The number of thiazole rings is 1. The third-order valence-corrected chi connectivity index (χ3v) is 3.62. The van der Waals surface area contributed by atoms with Crippen LogP contribution in [0.15, 0.2) is 5.38 Å². The first-order valence-corrected chi connectivity index (χ1v) is 6.30. The third-order valence-electron chi connectivity index (χ3n) is 2.80. The fourth-order valence-corrected chi connectivity index (χ4v) is 2.48. The second-order valence-corrected chi connectivity index (χ2v) is 5.49. The quantitative estimate of drug-likeness (QED) is 0.857. The Morgan fingerprint density at radius 1 is 1.67 bits per heavy atom. The molecule has 0 bridgehead atoms. The van der Waals surface area contributed by atoms with Gasteiger partial charge in [-0.1, -0.05) is 0 Å². The molecule has 0 aromatic carbocycles. The summed E-state index contributed by atoms with van der Waals surface area (Å²) < 4.78 is 5.50. The summed E-state index contributed by atoms with van der Waals surface area (Å²) in [6.45, 7) is 6.85. The molecule has 4 heteroatoms. The molecular weight excluding hydrogens is 208 g/mol. The van der Waals surface area contributed by atoms with E-state index >= 15 is 0 Å². The van der Waals surface area contributed by atoms with Crippen molar-refractivity contribution in [1.29, 1.82) is 0 Å². The Labute approximate surface area is 94.9 Å². The molecule has 3 nitrogen and oxygen atoms in total. The van der Waals surface area contributed by atoms with Gasteiger partial charge in [-0.2, -0.15) is 0 Å².